The van der Waals surface area contributed by atoms with Crippen LogP contribution >= 0.6 is 11.8 Å². The van der Waals surface area contributed by atoms with Gasteiger partial charge in [0, 0.05) is 42.9 Å². The Morgan fingerprint density at radius 2 is 1.73 bits per heavy atom. The minimum absolute atomic E-state index is 0.0743. The number of benzene rings is 2. The molecular formula is C35H43N3O5S. The van der Waals surface area contributed by atoms with Crippen molar-refractivity contribution in [2.24, 2.45) is 11.8 Å². The van der Waals surface area contributed by atoms with Gasteiger partial charge in [0.2, 0.25) is 11.8 Å². The maximum Gasteiger partial charge on any atom is 0.251 e. The summed E-state index contributed by atoms with van der Waals surface area (Å²) in [4.78, 5) is 48.8. The summed E-state index contributed by atoms with van der Waals surface area (Å²) >= 11 is 1.65. The van der Waals surface area contributed by atoms with Crippen molar-refractivity contribution in [1.82, 2.24) is 4.90 Å². The van der Waals surface area contributed by atoms with Gasteiger partial charge in [0.05, 0.1) is 23.2 Å². The number of amides is 3. The summed E-state index contributed by atoms with van der Waals surface area (Å²) in [6.45, 7) is 15.0. The summed E-state index contributed by atoms with van der Waals surface area (Å²) in [5.41, 5.74) is 3.46. The van der Waals surface area contributed by atoms with Crippen LogP contribution in [0.25, 0.3) is 0 Å². The Hall–Kier alpha value is -3.56. The summed E-state index contributed by atoms with van der Waals surface area (Å²) in [6, 6.07) is 12.6. The highest BCUT2D eigenvalue weighted by Gasteiger charge is 2.74. The number of likely N-dealkylation sites (tertiary alicyclic amines) is 1. The number of thioether (sulfide) groups is 1. The number of hydrogen-bond donors (Lipinski definition) is 1. The number of aliphatic hydroxyl groups is 1. The molecule has 5 rings (SSSR count). The molecule has 0 aliphatic carbocycles. The van der Waals surface area contributed by atoms with E-state index in [1.54, 1.807) is 38.6 Å². The molecule has 234 valence electrons. The van der Waals surface area contributed by atoms with Crippen LogP contribution in [0.15, 0.2) is 67.8 Å². The zero-order valence-corrected chi connectivity index (χ0v) is 26.7. The summed E-state index contributed by atoms with van der Waals surface area (Å²) in [7, 11) is 0. The number of hydrogen-bond acceptors (Lipinski definition) is 6. The van der Waals surface area contributed by atoms with Gasteiger partial charge >= 0.3 is 0 Å². The van der Waals surface area contributed by atoms with E-state index >= 15 is 0 Å². The maximum absolute atomic E-state index is 14.8. The standard InChI is InChI=1S/C35H43N3O5S/c1-6-19-36(25-13-15-26(16-14-25)43-8-3)32(40)28-27-17-18-35(44-27)29(28)33(41)38(21-10-22-39)31(35)34(42)37(20-7-2)30-23(4)11-9-12-24(30)5/h6-7,9,11-16,27-29,31,39H,1-2,8,10,17-22H2,3-5H3/t27-,28+,29+,31?,35?/m1/s1. The molecule has 3 aliphatic heterocycles. The number of carbonyl (C=O) groups excluding carboxylic acids is 3. The van der Waals surface area contributed by atoms with Gasteiger partial charge in [0.1, 0.15) is 11.8 Å². The molecular weight excluding hydrogens is 574 g/mol. The van der Waals surface area contributed by atoms with Crippen molar-refractivity contribution in [2.75, 3.05) is 42.6 Å². The molecule has 2 aromatic carbocycles. The molecule has 0 aromatic heterocycles. The van der Waals surface area contributed by atoms with Crippen molar-refractivity contribution in [3.05, 3.63) is 78.9 Å². The SMILES string of the molecule is C=CCN(C(=O)[C@@H]1[C@H]2C(=O)N(CCCO)C(C(=O)N(CC=C)c3c(C)cccc3C)C23CC[C@H]1S3)c1ccc(OCC)cc1. The number of nitrogens with zero attached hydrogens (tertiary/aromatic N) is 3. The van der Waals surface area contributed by atoms with Crippen LogP contribution in [0.3, 0.4) is 0 Å². The number of aryl methyl sites for hydroxylation is 2. The fourth-order valence-corrected chi connectivity index (χ4v) is 9.72. The molecule has 5 atom stereocenters. The van der Waals surface area contributed by atoms with Crippen molar-refractivity contribution in [1.29, 1.82) is 0 Å². The van der Waals surface area contributed by atoms with E-state index in [0.717, 1.165) is 29.0 Å². The Morgan fingerprint density at radius 3 is 2.34 bits per heavy atom. The number of anilines is 2. The van der Waals surface area contributed by atoms with E-state index in [4.69, 9.17) is 4.74 Å². The van der Waals surface area contributed by atoms with Gasteiger partial charge in [0.15, 0.2) is 0 Å². The minimum Gasteiger partial charge on any atom is -0.494 e. The first-order chi connectivity index (χ1) is 21.2. The average Bonchev–Trinajstić information content (AvgIpc) is 3.65. The summed E-state index contributed by atoms with van der Waals surface area (Å²) in [5.74, 6) is -0.946. The second-order valence-corrected chi connectivity index (χ2v) is 13.4. The molecule has 3 aliphatic rings. The van der Waals surface area contributed by atoms with E-state index in [-0.39, 0.29) is 36.1 Å². The van der Waals surface area contributed by atoms with Crippen LogP contribution < -0.4 is 14.5 Å². The lowest BCUT2D eigenvalue weighted by molar-refractivity contribution is -0.139. The van der Waals surface area contributed by atoms with Gasteiger partial charge in [-0.15, -0.1) is 24.9 Å². The quantitative estimate of drug-likeness (QED) is 0.321. The Balaban J connectivity index is 1.54. The van der Waals surface area contributed by atoms with Crippen LogP contribution in [0.5, 0.6) is 5.75 Å². The highest BCUT2D eigenvalue weighted by atomic mass is 32.2. The van der Waals surface area contributed by atoms with Gasteiger partial charge in [-0.25, -0.2) is 0 Å². The van der Waals surface area contributed by atoms with E-state index in [1.165, 1.54) is 0 Å². The lowest BCUT2D eigenvalue weighted by Gasteiger charge is -2.38. The molecule has 44 heavy (non-hydrogen) atoms. The second-order valence-electron chi connectivity index (χ2n) is 11.8. The largest absolute Gasteiger partial charge is 0.494 e. The first-order valence-electron chi connectivity index (χ1n) is 15.5. The Morgan fingerprint density at radius 1 is 1.07 bits per heavy atom. The first-order valence-corrected chi connectivity index (χ1v) is 16.3. The van der Waals surface area contributed by atoms with E-state index in [1.807, 2.05) is 63.2 Å². The van der Waals surface area contributed by atoms with E-state index in [9.17, 15) is 19.5 Å². The van der Waals surface area contributed by atoms with Crippen LogP contribution in [-0.4, -0.2) is 76.6 Å². The summed E-state index contributed by atoms with van der Waals surface area (Å²) in [6.07, 6.45) is 5.18. The van der Waals surface area contributed by atoms with Crippen molar-refractivity contribution in [3.8, 4) is 5.75 Å². The molecule has 0 radical (unpaired) electrons. The number of fused-ring (bicyclic) bond motifs is 1. The third-order valence-corrected chi connectivity index (χ3v) is 11.2. The van der Waals surface area contributed by atoms with Crippen LogP contribution in [-0.2, 0) is 14.4 Å². The Bertz CT molecular complexity index is 1410. The third-order valence-electron chi connectivity index (χ3n) is 9.20. The molecule has 3 fully saturated rings. The van der Waals surface area contributed by atoms with Crippen LogP contribution in [0.4, 0.5) is 11.4 Å². The van der Waals surface area contributed by atoms with Gasteiger partial charge in [0.25, 0.3) is 5.91 Å². The van der Waals surface area contributed by atoms with Crippen LogP contribution in [0, 0.1) is 25.7 Å². The lowest BCUT2D eigenvalue weighted by atomic mass is 9.70. The van der Waals surface area contributed by atoms with Crippen molar-refractivity contribution in [3.63, 3.8) is 0 Å². The van der Waals surface area contributed by atoms with Gasteiger partial charge in [-0.1, -0.05) is 30.4 Å². The second kappa shape index (κ2) is 13.2. The van der Waals surface area contributed by atoms with Crippen molar-refractivity contribution < 1.29 is 24.2 Å². The van der Waals surface area contributed by atoms with Crippen LogP contribution in [0.1, 0.15) is 37.3 Å². The zero-order valence-electron chi connectivity index (χ0n) is 25.9. The molecule has 1 spiro atoms. The molecule has 9 heteroatoms. The van der Waals surface area contributed by atoms with Crippen molar-refractivity contribution >= 4 is 40.9 Å². The smallest absolute Gasteiger partial charge is 0.251 e. The molecule has 1 N–H and O–H groups in total. The highest BCUT2D eigenvalue weighted by Crippen LogP contribution is 2.67. The number of para-hydroxylation sites is 1. The summed E-state index contributed by atoms with van der Waals surface area (Å²) < 4.78 is 4.86. The fourth-order valence-electron chi connectivity index (χ4n) is 7.52. The minimum atomic E-state index is -0.753. The summed E-state index contributed by atoms with van der Waals surface area (Å²) in [5, 5.41) is 9.66. The highest BCUT2D eigenvalue weighted by molar-refractivity contribution is 8.02. The third kappa shape index (κ3) is 5.34. The Kier molecular flexibility index (Phi) is 9.56. The number of rotatable bonds is 13. The molecule has 2 aromatic rings. The normalized spacial score (nSPS) is 25.1. The molecule has 2 unspecified atom stereocenters. The molecule has 2 bridgehead atoms. The Labute approximate surface area is 264 Å². The number of carbonyl (C=O) groups is 3. The van der Waals surface area contributed by atoms with E-state index < -0.39 is 22.6 Å². The molecule has 0 saturated carbocycles. The van der Waals surface area contributed by atoms with Crippen LogP contribution in [0.2, 0.25) is 0 Å². The average molecular weight is 618 g/mol. The van der Waals surface area contributed by atoms with Crippen molar-refractivity contribution in [2.45, 2.75) is 56.1 Å². The van der Waals surface area contributed by atoms with Gasteiger partial charge < -0.3 is 24.5 Å². The van der Waals surface area contributed by atoms with Gasteiger partial charge in [-0.2, -0.15) is 0 Å². The van der Waals surface area contributed by atoms with E-state index in [0.29, 0.717) is 38.2 Å². The monoisotopic (exact) mass is 617 g/mol. The predicted molar refractivity (Wildman–Crippen MR) is 176 cm³/mol. The van der Waals surface area contributed by atoms with Gasteiger partial charge in [-0.3, -0.25) is 14.4 Å². The number of aliphatic hydroxyl groups excluding tert-OH is 1. The first kappa shape index (κ1) is 31.9. The lowest BCUT2D eigenvalue weighted by Crippen LogP contribution is -2.55. The predicted octanol–water partition coefficient (Wildman–Crippen LogP) is 4.91. The topological polar surface area (TPSA) is 90.4 Å². The van der Waals surface area contributed by atoms with Gasteiger partial charge in [-0.05, 0) is 75.4 Å². The molecule has 8 nitrogen and oxygen atoms in total. The number of ether oxygens (including phenoxy) is 1. The molecule has 3 saturated heterocycles. The zero-order chi connectivity index (χ0) is 31.6. The fraction of sp³-hybridized carbons (Fsp3) is 0.457. The molecule has 3 amide bonds. The molecule has 3 heterocycles. The maximum atomic E-state index is 14.8. The van der Waals surface area contributed by atoms with E-state index in [2.05, 4.69) is 13.2 Å².